The minimum atomic E-state index is 0.654. The van der Waals surface area contributed by atoms with Gasteiger partial charge in [0, 0.05) is 11.1 Å². The molecule has 1 aromatic heterocycles. The smallest absolute Gasteiger partial charge is 0.187 e. The Hall–Kier alpha value is -6.37. The van der Waals surface area contributed by atoms with Gasteiger partial charge in [0.15, 0.2) is 5.69 Å². The van der Waals surface area contributed by atoms with Crippen LogP contribution in [0, 0.1) is 6.57 Å². The molecule has 8 rings (SSSR count). The van der Waals surface area contributed by atoms with E-state index in [2.05, 4.69) is 102 Å². The van der Waals surface area contributed by atoms with Crippen LogP contribution in [0.15, 0.2) is 164 Å². The number of hydrogen-bond acceptors (Lipinski definition) is 2. The molecule has 8 aromatic rings. The summed E-state index contributed by atoms with van der Waals surface area (Å²) in [5, 5.41) is 2.42. The van der Waals surface area contributed by atoms with E-state index in [4.69, 9.17) is 16.5 Å². The van der Waals surface area contributed by atoms with Crippen LogP contribution in [0.3, 0.4) is 0 Å². The third kappa shape index (κ3) is 4.99. The van der Waals surface area contributed by atoms with Crippen molar-refractivity contribution in [2.75, 3.05) is 0 Å². The average Bonchev–Trinajstić information content (AvgIpc) is 3.14. The van der Waals surface area contributed by atoms with Crippen LogP contribution in [0.25, 0.3) is 82.5 Å². The van der Waals surface area contributed by atoms with Gasteiger partial charge in [0.05, 0.1) is 29.0 Å². The summed E-state index contributed by atoms with van der Waals surface area (Å²) in [6, 6.07) is 56.5. The Morgan fingerprint density at radius 2 is 0.739 bits per heavy atom. The molecule has 0 N–H and O–H groups in total. The van der Waals surface area contributed by atoms with Crippen LogP contribution in [0.1, 0.15) is 0 Å². The lowest BCUT2D eigenvalue weighted by Crippen LogP contribution is -1.95. The number of para-hydroxylation sites is 2. The molecule has 1 heterocycles. The second kappa shape index (κ2) is 11.6. The fourth-order valence-corrected chi connectivity index (χ4v) is 6.18. The predicted molar refractivity (Wildman–Crippen MR) is 190 cm³/mol. The summed E-state index contributed by atoms with van der Waals surface area (Å²) in [5.41, 5.74) is 13.2. The van der Waals surface area contributed by atoms with Crippen molar-refractivity contribution in [3.8, 4) is 55.9 Å². The van der Waals surface area contributed by atoms with Gasteiger partial charge in [0.25, 0.3) is 0 Å². The van der Waals surface area contributed by atoms with E-state index in [1.807, 2.05) is 66.7 Å². The lowest BCUT2D eigenvalue weighted by molar-refractivity contribution is 1.29. The fourth-order valence-electron chi connectivity index (χ4n) is 6.18. The van der Waals surface area contributed by atoms with Gasteiger partial charge in [-0.1, -0.05) is 152 Å². The molecule has 0 spiro atoms. The predicted octanol–water partition coefficient (Wildman–Crippen LogP) is 11.7. The van der Waals surface area contributed by atoms with Crippen molar-refractivity contribution in [2.45, 2.75) is 0 Å². The van der Waals surface area contributed by atoms with Gasteiger partial charge >= 0.3 is 0 Å². The first kappa shape index (κ1) is 27.2. The molecular formula is C43H27N3. The van der Waals surface area contributed by atoms with Gasteiger partial charge in [-0.2, -0.15) is 0 Å². The van der Waals surface area contributed by atoms with E-state index < -0.39 is 0 Å². The van der Waals surface area contributed by atoms with Crippen LogP contribution in [-0.2, 0) is 0 Å². The summed E-state index contributed by atoms with van der Waals surface area (Å²) in [5.74, 6) is 0. The van der Waals surface area contributed by atoms with Crippen molar-refractivity contribution in [2.24, 2.45) is 0 Å². The highest BCUT2D eigenvalue weighted by atomic mass is 14.8. The molecule has 46 heavy (non-hydrogen) atoms. The van der Waals surface area contributed by atoms with Crippen molar-refractivity contribution in [1.29, 1.82) is 0 Å². The fraction of sp³-hybridized carbons (Fsp3) is 0. The summed E-state index contributed by atoms with van der Waals surface area (Å²) >= 11 is 0. The lowest BCUT2D eigenvalue weighted by Gasteiger charge is -2.14. The quantitative estimate of drug-likeness (QED) is 0.188. The number of fused-ring (bicyclic) bond motifs is 2. The van der Waals surface area contributed by atoms with Gasteiger partial charge in [-0.25, -0.2) is 14.8 Å². The highest BCUT2D eigenvalue weighted by molar-refractivity contribution is 6.05. The number of nitrogens with zero attached hydrogens (tertiary/aromatic N) is 3. The largest absolute Gasteiger partial charge is 0.244 e. The molecule has 0 fully saturated rings. The molecule has 3 nitrogen and oxygen atoms in total. The Morgan fingerprint density at radius 3 is 1.24 bits per heavy atom. The molecule has 0 aliphatic rings. The molecule has 214 valence electrons. The van der Waals surface area contributed by atoms with Gasteiger partial charge in [-0.15, -0.1) is 0 Å². The van der Waals surface area contributed by atoms with Gasteiger partial charge in [0.1, 0.15) is 0 Å². The molecule has 0 bridgehead atoms. The van der Waals surface area contributed by atoms with E-state index in [1.165, 1.54) is 27.5 Å². The maximum absolute atomic E-state index is 7.20. The SMILES string of the molecule is [C-]#[N+]c1ccc(-c2ccc(-c3ccc(-c4ccc(-c5nc6ccccc6nc5-c5ccccc5)cc4)c4ccccc34)cc2)cc1. The monoisotopic (exact) mass is 585 g/mol. The third-order valence-corrected chi connectivity index (χ3v) is 8.54. The highest BCUT2D eigenvalue weighted by Crippen LogP contribution is 2.38. The van der Waals surface area contributed by atoms with Crippen LogP contribution in [0.2, 0.25) is 0 Å². The van der Waals surface area contributed by atoms with Crippen molar-refractivity contribution < 1.29 is 0 Å². The van der Waals surface area contributed by atoms with Crippen LogP contribution in [0.4, 0.5) is 5.69 Å². The van der Waals surface area contributed by atoms with Crippen molar-refractivity contribution in [3.63, 3.8) is 0 Å². The summed E-state index contributed by atoms with van der Waals surface area (Å²) in [4.78, 5) is 13.6. The number of hydrogen-bond donors (Lipinski definition) is 0. The minimum absolute atomic E-state index is 0.654. The van der Waals surface area contributed by atoms with Crippen molar-refractivity contribution >= 4 is 27.5 Å². The Kier molecular flexibility index (Phi) is 6.87. The first-order valence-electron chi connectivity index (χ1n) is 15.3. The summed E-state index contributed by atoms with van der Waals surface area (Å²) in [7, 11) is 0. The van der Waals surface area contributed by atoms with E-state index in [0.717, 1.165) is 50.2 Å². The van der Waals surface area contributed by atoms with Gasteiger partial charge in [-0.3, -0.25) is 0 Å². The molecule has 0 unspecified atom stereocenters. The van der Waals surface area contributed by atoms with Crippen molar-refractivity contribution in [1.82, 2.24) is 9.97 Å². The molecular weight excluding hydrogens is 558 g/mol. The number of rotatable bonds is 5. The van der Waals surface area contributed by atoms with E-state index in [9.17, 15) is 0 Å². The molecule has 0 aliphatic carbocycles. The van der Waals surface area contributed by atoms with Crippen LogP contribution in [-0.4, -0.2) is 9.97 Å². The van der Waals surface area contributed by atoms with E-state index in [-0.39, 0.29) is 0 Å². The van der Waals surface area contributed by atoms with Crippen LogP contribution < -0.4 is 0 Å². The zero-order chi connectivity index (χ0) is 30.9. The maximum Gasteiger partial charge on any atom is 0.187 e. The summed E-state index contributed by atoms with van der Waals surface area (Å²) in [6.07, 6.45) is 0. The Balaban J connectivity index is 1.16. The zero-order valence-electron chi connectivity index (χ0n) is 24.9. The lowest BCUT2D eigenvalue weighted by atomic mass is 9.91. The molecule has 0 aliphatic heterocycles. The van der Waals surface area contributed by atoms with Crippen molar-refractivity contribution in [3.05, 3.63) is 175 Å². The molecule has 0 saturated carbocycles. The maximum atomic E-state index is 7.20. The summed E-state index contributed by atoms with van der Waals surface area (Å²) < 4.78 is 0. The Labute approximate surface area is 267 Å². The second-order valence-corrected chi connectivity index (χ2v) is 11.3. The Morgan fingerprint density at radius 1 is 0.348 bits per heavy atom. The normalized spacial score (nSPS) is 11.0. The van der Waals surface area contributed by atoms with E-state index in [1.54, 1.807) is 0 Å². The molecule has 3 heteroatoms. The molecule has 0 radical (unpaired) electrons. The topological polar surface area (TPSA) is 30.1 Å². The first-order chi connectivity index (χ1) is 22.7. The molecule has 0 amide bonds. The minimum Gasteiger partial charge on any atom is -0.244 e. The van der Waals surface area contributed by atoms with Gasteiger partial charge in [0.2, 0.25) is 0 Å². The zero-order valence-corrected chi connectivity index (χ0v) is 24.9. The van der Waals surface area contributed by atoms with Crippen LogP contribution >= 0.6 is 0 Å². The van der Waals surface area contributed by atoms with Gasteiger partial charge in [-0.05, 0) is 56.3 Å². The van der Waals surface area contributed by atoms with Gasteiger partial charge < -0.3 is 0 Å². The molecule has 0 saturated heterocycles. The van der Waals surface area contributed by atoms with Crippen LogP contribution in [0.5, 0.6) is 0 Å². The van der Waals surface area contributed by atoms with E-state index in [0.29, 0.717) is 5.69 Å². The highest BCUT2D eigenvalue weighted by Gasteiger charge is 2.15. The first-order valence-corrected chi connectivity index (χ1v) is 15.3. The third-order valence-electron chi connectivity index (χ3n) is 8.54. The molecule has 7 aromatic carbocycles. The standard InChI is InChI=1S/C43H27N3/c1-44-35-25-23-30(24-26-35)29-15-17-31(18-16-29)36-27-28-37(39-12-6-5-11-38(36)39)32-19-21-34(22-20-32)43-42(33-9-3-2-4-10-33)45-40-13-7-8-14-41(40)46-43/h2-28H. The molecule has 0 atom stereocenters. The summed E-state index contributed by atoms with van der Waals surface area (Å²) in [6.45, 7) is 7.20. The Bertz CT molecular complexity index is 2390. The van der Waals surface area contributed by atoms with E-state index >= 15 is 0 Å². The average molecular weight is 586 g/mol. The number of benzene rings is 7. The second-order valence-electron chi connectivity index (χ2n) is 11.3. The number of aromatic nitrogens is 2.